The summed E-state index contributed by atoms with van der Waals surface area (Å²) in [6.07, 6.45) is 1.91. The first kappa shape index (κ1) is 16.9. The van der Waals surface area contributed by atoms with E-state index in [1.54, 1.807) is 24.3 Å². The predicted octanol–water partition coefficient (Wildman–Crippen LogP) is 5.20. The Hall–Kier alpha value is -3.53. The Bertz CT molecular complexity index is 1060. The molecule has 1 aromatic heterocycles. The maximum absolute atomic E-state index is 12.4. The number of aromatic amines is 1. The molecule has 27 heavy (non-hydrogen) atoms. The molecular formula is C23H20N2O2. The smallest absolute Gasteiger partial charge is 0.251 e. The summed E-state index contributed by atoms with van der Waals surface area (Å²) < 4.78 is 5.80. The van der Waals surface area contributed by atoms with Crippen molar-refractivity contribution in [3.05, 3.63) is 95.7 Å². The minimum Gasteiger partial charge on any atom is -0.457 e. The zero-order valence-electron chi connectivity index (χ0n) is 15.0. The molecule has 2 N–H and O–H groups in total. The fourth-order valence-electron chi connectivity index (χ4n) is 2.91. The van der Waals surface area contributed by atoms with Gasteiger partial charge in [-0.25, -0.2) is 0 Å². The molecule has 134 valence electrons. The average molecular weight is 356 g/mol. The van der Waals surface area contributed by atoms with E-state index in [0.717, 1.165) is 22.2 Å². The number of aryl methyl sites for hydroxylation is 1. The number of fused-ring (bicyclic) bond motifs is 1. The van der Waals surface area contributed by atoms with Crippen LogP contribution >= 0.6 is 0 Å². The zero-order valence-corrected chi connectivity index (χ0v) is 15.0. The summed E-state index contributed by atoms with van der Waals surface area (Å²) in [5.74, 6) is 1.37. The van der Waals surface area contributed by atoms with E-state index in [4.69, 9.17) is 4.74 Å². The fraction of sp³-hybridized carbons (Fsp3) is 0.0870. The molecule has 0 aliphatic carbocycles. The number of hydrogen-bond acceptors (Lipinski definition) is 2. The molecule has 3 aromatic carbocycles. The van der Waals surface area contributed by atoms with Crippen LogP contribution in [0.4, 0.5) is 0 Å². The molecule has 4 aromatic rings. The van der Waals surface area contributed by atoms with E-state index in [9.17, 15) is 4.79 Å². The third-order valence-electron chi connectivity index (χ3n) is 4.45. The molecule has 0 aliphatic rings. The molecule has 0 spiro atoms. The highest BCUT2D eigenvalue weighted by Crippen LogP contribution is 2.22. The Kier molecular flexibility index (Phi) is 4.62. The van der Waals surface area contributed by atoms with Gasteiger partial charge in [-0.05, 0) is 66.4 Å². The van der Waals surface area contributed by atoms with Crippen molar-refractivity contribution in [2.75, 3.05) is 0 Å². The zero-order chi connectivity index (χ0) is 18.6. The summed E-state index contributed by atoms with van der Waals surface area (Å²) in [6, 6.07) is 23.2. The van der Waals surface area contributed by atoms with E-state index in [2.05, 4.69) is 10.3 Å². The molecule has 0 bridgehead atoms. The molecule has 0 fully saturated rings. The number of amides is 1. The molecule has 0 aliphatic heterocycles. The Balaban J connectivity index is 1.37. The van der Waals surface area contributed by atoms with Crippen LogP contribution in [-0.2, 0) is 6.54 Å². The summed E-state index contributed by atoms with van der Waals surface area (Å²) >= 11 is 0. The second kappa shape index (κ2) is 7.38. The maximum atomic E-state index is 12.4. The van der Waals surface area contributed by atoms with Crippen molar-refractivity contribution in [3.8, 4) is 11.5 Å². The fourth-order valence-corrected chi connectivity index (χ4v) is 2.91. The molecular weight excluding hydrogens is 336 g/mol. The number of hydrogen-bond donors (Lipinski definition) is 2. The first-order valence-corrected chi connectivity index (χ1v) is 8.86. The van der Waals surface area contributed by atoms with Crippen LogP contribution in [0.25, 0.3) is 10.9 Å². The predicted molar refractivity (Wildman–Crippen MR) is 107 cm³/mol. The van der Waals surface area contributed by atoms with Crippen LogP contribution in [0.3, 0.4) is 0 Å². The Morgan fingerprint density at radius 3 is 2.37 bits per heavy atom. The molecule has 4 heteroatoms. The molecule has 0 saturated heterocycles. The summed E-state index contributed by atoms with van der Waals surface area (Å²) in [4.78, 5) is 15.6. The molecule has 1 amide bonds. The van der Waals surface area contributed by atoms with Gasteiger partial charge in [-0.1, -0.05) is 29.8 Å². The highest BCUT2D eigenvalue weighted by atomic mass is 16.5. The van der Waals surface area contributed by atoms with Gasteiger partial charge in [0.05, 0.1) is 0 Å². The minimum atomic E-state index is -0.108. The minimum absolute atomic E-state index is 0.108. The van der Waals surface area contributed by atoms with Crippen molar-refractivity contribution in [2.45, 2.75) is 13.5 Å². The monoisotopic (exact) mass is 356 g/mol. The Morgan fingerprint density at radius 2 is 1.63 bits per heavy atom. The average Bonchev–Trinajstić information content (AvgIpc) is 3.16. The SMILES string of the molecule is Cc1ccc(Oc2ccc(C(=O)NCc3ccc4cc[nH]c4c3)cc2)cc1. The largest absolute Gasteiger partial charge is 0.457 e. The molecule has 1 heterocycles. The molecule has 0 atom stereocenters. The Morgan fingerprint density at radius 1 is 0.926 bits per heavy atom. The molecule has 0 saturated carbocycles. The maximum Gasteiger partial charge on any atom is 0.251 e. The molecule has 4 rings (SSSR count). The standard InChI is InChI=1S/C23H20N2O2/c1-16-2-8-20(9-3-16)27-21-10-6-19(7-11-21)23(26)25-15-17-4-5-18-12-13-24-22(18)14-17/h2-14,24H,15H2,1H3,(H,25,26). The van der Waals surface area contributed by atoms with Crippen molar-refractivity contribution in [2.24, 2.45) is 0 Å². The topological polar surface area (TPSA) is 54.1 Å². The molecule has 0 radical (unpaired) electrons. The van der Waals surface area contributed by atoms with Crippen LogP contribution in [0.1, 0.15) is 21.5 Å². The van der Waals surface area contributed by atoms with Gasteiger partial charge in [0.25, 0.3) is 5.91 Å². The lowest BCUT2D eigenvalue weighted by atomic mass is 10.1. The lowest BCUT2D eigenvalue weighted by Gasteiger charge is -2.08. The van der Waals surface area contributed by atoms with Gasteiger partial charge in [0.2, 0.25) is 0 Å². The number of carbonyl (C=O) groups is 1. The Labute approximate surface area is 157 Å². The van der Waals surface area contributed by atoms with Gasteiger partial charge in [-0.3, -0.25) is 4.79 Å². The lowest BCUT2D eigenvalue weighted by Crippen LogP contribution is -2.22. The number of ether oxygens (including phenoxy) is 1. The highest BCUT2D eigenvalue weighted by molar-refractivity contribution is 5.94. The van der Waals surface area contributed by atoms with Crippen LogP contribution in [0.5, 0.6) is 11.5 Å². The van der Waals surface area contributed by atoms with Crippen LogP contribution < -0.4 is 10.1 Å². The third kappa shape index (κ3) is 4.01. The number of rotatable bonds is 5. The molecule has 0 unspecified atom stereocenters. The van der Waals surface area contributed by atoms with Crippen LogP contribution in [-0.4, -0.2) is 10.9 Å². The van der Waals surface area contributed by atoms with Gasteiger partial charge in [-0.15, -0.1) is 0 Å². The van der Waals surface area contributed by atoms with E-state index >= 15 is 0 Å². The quantitative estimate of drug-likeness (QED) is 0.516. The van der Waals surface area contributed by atoms with Crippen molar-refractivity contribution >= 4 is 16.8 Å². The number of benzene rings is 3. The van der Waals surface area contributed by atoms with E-state index in [1.807, 2.05) is 61.7 Å². The van der Waals surface area contributed by atoms with Crippen LogP contribution in [0.2, 0.25) is 0 Å². The highest BCUT2D eigenvalue weighted by Gasteiger charge is 2.06. The van der Waals surface area contributed by atoms with Gasteiger partial charge in [-0.2, -0.15) is 0 Å². The van der Waals surface area contributed by atoms with E-state index in [-0.39, 0.29) is 5.91 Å². The normalized spacial score (nSPS) is 10.7. The van der Waals surface area contributed by atoms with Crippen molar-refractivity contribution in [3.63, 3.8) is 0 Å². The summed E-state index contributed by atoms with van der Waals surface area (Å²) in [6.45, 7) is 2.52. The third-order valence-corrected chi connectivity index (χ3v) is 4.45. The van der Waals surface area contributed by atoms with Crippen LogP contribution in [0.15, 0.2) is 79.0 Å². The van der Waals surface area contributed by atoms with Crippen molar-refractivity contribution in [1.29, 1.82) is 0 Å². The number of H-pyrrole nitrogens is 1. The van der Waals surface area contributed by atoms with E-state index in [0.29, 0.717) is 17.9 Å². The second-order valence-corrected chi connectivity index (χ2v) is 6.52. The number of aromatic nitrogens is 1. The van der Waals surface area contributed by atoms with Gasteiger partial charge >= 0.3 is 0 Å². The van der Waals surface area contributed by atoms with Crippen molar-refractivity contribution in [1.82, 2.24) is 10.3 Å². The number of nitrogens with one attached hydrogen (secondary N) is 2. The van der Waals surface area contributed by atoms with Gasteiger partial charge in [0, 0.05) is 23.8 Å². The second-order valence-electron chi connectivity index (χ2n) is 6.52. The first-order valence-electron chi connectivity index (χ1n) is 8.86. The van der Waals surface area contributed by atoms with E-state index < -0.39 is 0 Å². The van der Waals surface area contributed by atoms with Gasteiger partial charge in [0.1, 0.15) is 11.5 Å². The summed E-state index contributed by atoms with van der Waals surface area (Å²) in [7, 11) is 0. The summed E-state index contributed by atoms with van der Waals surface area (Å²) in [5.41, 5.74) is 3.91. The van der Waals surface area contributed by atoms with Gasteiger partial charge in [0.15, 0.2) is 0 Å². The first-order chi connectivity index (χ1) is 13.2. The number of carbonyl (C=O) groups excluding carboxylic acids is 1. The lowest BCUT2D eigenvalue weighted by molar-refractivity contribution is 0.0951. The summed E-state index contributed by atoms with van der Waals surface area (Å²) in [5, 5.41) is 4.12. The van der Waals surface area contributed by atoms with E-state index in [1.165, 1.54) is 5.56 Å². The molecule has 4 nitrogen and oxygen atoms in total. The van der Waals surface area contributed by atoms with Crippen LogP contribution in [0, 0.1) is 6.92 Å². The van der Waals surface area contributed by atoms with Crippen molar-refractivity contribution < 1.29 is 9.53 Å². The van der Waals surface area contributed by atoms with Gasteiger partial charge < -0.3 is 15.0 Å².